The van der Waals surface area contributed by atoms with Crippen LogP contribution in [0.5, 0.6) is 5.75 Å². The fourth-order valence-electron chi connectivity index (χ4n) is 2.46. The van der Waals surface area contributed by atoms with Crippen LogP contribution in [0.2, 0.25) is 0 Å². The lowest BCUT2D eigenvalue weighted by Crippen LogP contribution is -1.94. The summed E-state index contributed by atoms with van der Waals surface area (Å²) < 4.78 is 5.15. The molecule has 1 heterocycles. The predicted octanol–water partition coefficient (Wildman–Crippen LogP) is 4.50. The van der Waals surface area contributed by atoms with Gasteiger partial charge in [-0.25, -0.2) is 4.98 Å². The minimum atomic E-state index is -0.565. The average molecular weight is 391 g/mol. The van der Waals surface area contributed by atoms with Crippen LogP contribution in [-0.4, -0.2) is 23.3 Å². The van der Waals surface area contributed by atoms with E-state index < -0.39 is 4.92 Å². The van der Waals surface area contributed by atoms with E-state index in [0.29, 0.717) is 33.2 Å². The van der Waals surface area contributed by atoms with Crippen molar-refractivity contribution in [3.05, 3.63) is 75.8 Å². The van der Waals surface area contributed by atoms with Crippen molar-refractivity contribution in [2.24, 2.45) is 0 Å². The number of pyridine rings is 1. The summed E-state index contributed by atoms with van der Waals surface area (Å²) in [5.74, 6) is 0.716. The van der Waals surface area contributed by atoms with Gasteiger partial charge in [-0.2, -0.15) is 5.26 Å². The summed E-state index contributed by atoms with van der Waals surface area (Å²) in [6.07, 6.45) is 0.550. The normalized spacial score (nSPS) is 10.1. The van der Waals surface area contributed by atoms with E-state index in [2.05, 4.69) is 11.1 Å². The molecular weight excluding hydrogens is 378 g/mol. The predicted molar refractivity (Wildman–Crippen MR) is 104 cm³/mol. The lowest BCUT2D eigenvalue weighted by atomic mass is 10.1. The number of nitriles is 1. The molecule has 0 radical (unpaired) electrons. The molecule has 0 aliphatic heterocycles. The van der Waals surface area contributed by atoms with E-state index in [-0.39, 0.29) is 11.3 Å². The average Bonchev–Trinajstić information content (AvgIpc) is 2.73. The topological polar surface area (TPSA) is 106 Å². The fraction of sp³-hybridized carbons (Fsp3) is 0.0500. The first kappa shape index (κ1) is 19.1. The maximum absolute atomic E-state index is 11.4. The highest BCUT2D eigenvalue weighted by Crippen LogP contribution is 2.34. The molecule has 0 saturated carbocycles. The summed E-state index contributed by atoms with van der Waals surface area (Å²) in [7, 11) is 1.58. The molecule has 7 nitrogen and oxygen atoms in total. The number of methoxy groups -OCH3 is 1. The number of ether oxygens (including phenoxy) is 1. The summed E-state index contributed by atoms with van der Waals surface area (Å²) in [5.41, 5.74) is 1.83. The number of nitro groups is 1. The highest BCUT2D eigenvalue weighted by atomic mass is 32.2. The van der Waals surface area contributed by atoms with E-state index in [9.17, 15) is 20.2 Å². The van der Waals surface area contributed by atoms with Crippen LogP contribution in [0.25, 0.3) is 11.3 Å². The van der Waals surface area contributed by atoms with Gasteiger partial charge >= 0.3 is 0 Å². The number of carbonyl (C=O) groups excluding carboxylic acids is 1. The van der Waals surface area contributed by atoms with Crippen molar-refractivity contribution in [1.82, 2.24) is 4.98 Å². The Morgan fingerprint density at radius 3 is 2.54 bits per heavy atom. The van der Waals surface area contributed by atoms with Crippen molar-refractivity contribution in [2.45, 2.75) is 9.92 Å². The molecule has 2 aromatic carbocycles. The minimum Gasteiger partial charge on any atom is -0.497 e. The number of rotatable bonds is 6. The maximum atomic E-state index is 11.4. The van der Waals surface area contributed by atoms with Gasteiger partial charge in [-0.1, -0.05) is 11.8 Å². The zero-order valence-electron chi connectivity index (χ0n) is 14.7. The number of aldehydes is 1. The first-order valence-corrected chi connectivity index (χ1v) is 8.84. The minimum absolute atomic E-state index is 0.166. The van der Waals surface area contributed by atoms with Gasteiger partial charge in [-0.3, -0.25) is 14.9 Å². The van der Waals surface area contributed by atoms with Crippen LogP contribution in [-0.2, 0) is 0 Å². The lowest BCUT2D eigenvalue weighted by molar-refractivity contribution is -0.384. The van der Waals surface area contributed by atoms with Gasteiger partial charge in [0.1, 0.15) is 16.8 Å². The van der Waals surface area contributed by atoms with Crippen molar-refractivity contribution >= 4 is 23.7 Å². The smallest absolute Gasteiger partial charge is 0.270 e. The molecule has 0 spiro atoms. The zero-order chi connectivity index (χ0) is 20.1. The van der Waals surface area contributed by atoms with Crippen LogP contribution in [0.1, 0.15) is 15.9 Å². The number of benzene rings is 2. The van der Waals surface area contributed by atoms with Gasteiger partial charge in [0, 0.05) is 28.2 Å². The maximum Gasteiger partial charge on any atom is 0.270 e. The van der Waals surface area contributed by atoms with Crippen LogP contribution in [0.3, 0.4) is 0 Å². The molecule has 0 N–H and O–H groups in total. The van der Waals surface area contributed by atoms with Gasteiger partial charge in [0.2, 0.25) is 0 Å². The Balaban J connectivity index is 2.00. The van der Waals surface area contributed by atoms with E-state index in [0.717, 1.165) is 17.3 Å². The Hall–Kier alpha value is -3.70. The molecule has 8 heteroatoms. The van der Waals surface area contributed by atoms with E-state index in [1.807, 2.05) is 24.3 Å². The van der Waals surface area contributed by atoms with E-state index in [4.69, 9.17) is 4.74 Å². The summed E-state index contributed by atoms with van der Waals surface area (Å²) in [6.45, 7) is 0. The molecule has 0 aliphatic carbocycles. The van der Waals surface area contributed by atoms with Crippen LogP contribution < -0.4 is 4.74 Å². The number of non-ortho nitro benzene ring substituents is 1. The molecule has 0 amide bonds. The molecular formula is C20H13N3O4S. The molecule has 0 bridgehead atoms. The Morgan fingerprint density at radius 1 is 1.18 bits per heavy atom. The third-order valence-electron chi connectivity index (χ3n) is 3.90. The number of nitrogens with zero attached hydrogens (tertiary/aromatic N) is 3. The number of aromatic nitrogens is 1. The first-order valence-electron chi connectivity index (χ1n) is 8.02. The second-order valence-corrected chi connectivity index (χ2v) is 6.62. The van der Waals surface area contributed by atoms with Crippen molar-refractivity contribution in [3.63, 3.8) is 0 Å². The van der Waals surface area contributed by atoms with Gasteiger partial charge in [-0.15, -0.1) is 0 Å². The van der Waals surface area contributed by atoms with Crippen LogP contribution in [0.4, 0.5) is 5.69 Å². The van der Waals surface area contributed by atoms with Gasteiger partial charge < -0.3 is 4.74 Å². The Labute approximate surface area is 164 Å². The standard InChI is InChI=1S/C20H13N3O4S/c1-27-17-6-2-13(3-7-17)18-8-4-14(11-21)20(22-18)28-19-9-5-16(23(25)26)10-15(19)12-24/h2-10,12H,1H3. The second kappa shape index (κ2) is 8.33. The third-order valence-corrected chi connectivity index (χ3v) is 5.00. The molecule has 0 aliphatic rings. The quantitative estimate of drug-likeness (QED) is 0.346. The van der Waals surface area contributed by atoms with Gasteiger partial charge in [0.25, 0.3) is 5.69 Å². The lowest BCUT2D eigenvalue weighted by Gasteiger charge is -2.09. The SMILES string of the molecule is COc1ccc(-c2ccc(C#N)c(Sc3ccc([N+](=O)[O-])cc3C=O)n2)cc1. The number of hydrogen-bond donors (Lipinski definition) is 0. The third kappa shape index (κ3) is 4.00. The highest BCUT2D eigenvalue weighted by Gasteiger charge is 2.15. The molecule has 138 valence electrons. The van der Waals surface area contributed by atoms with Gasteiger partial charge in [-0.05, 0) is 42.5 Å². The molecule has 0 saturated heterocycles. The summed E-state index contributed by atoms with van der Waals surface area (Å²) >= 11 is 1.11. The summed E-state index contributed by atoms with van der Waals surface area (Å²) in [4.78, 5) is 26.7. The van der Waals surface area contributed by atoms with Crippen molar-refractivity contribution in [2.75, 3.05) is 7.11 Å². The number of carbonyl (C=O) groups is 1. The fourth-order valence-corrected chi connectivity index (χ4v) is 3.40. The number of nitro benzene ring substituents is 1. The monoisotopic (exact) mass is 391 g/mol. The summed E-state index contributed by atoms with van der Waals surface area (Å²) in [6, 6.07) is 16.8. The first-order chi connectivity index (χ1) is 13.5. The molecule has 0 atom stereocenters. The van der Waals surface area contributed by atoms with E-state index in [1.54, 1.807) is 19.2 Å². The van der Waals surface area contributed by atoms with Crippen molar-refractivity contribution in [1.29, 1.82) is 5.26 Å². The van der Waals surface area contributed by atoms with Crippen LogP contribution in [0.15, 0.2) is 64.5 Å². The van der Waals surface area contributed by atoms with Gasteiger partial charge in [0.15, 0.2) is 6.29 Å². The van der Waals surface area contributed by atoms with E-state index >= 15 is 0 Å². The Bertz CT molecular complexity index is 1090. The molecule has 28 heavy (non-hydrogen) atoms. The van der Waals surface area contributed by atoms with Crippen LogP contribution in [0, 0.1) is 21.4 Å². The highest BCUT2D eigenvalue weighted by molar-refractivity contribution is 7.99. The van der Waals surface area contributed by atoms with Crippen molar-refractivity contribution < 1.29 is 14.5 Å². The largest absolute Gasteiger partial charge is 0.497 e. The zero-order valence-corrected chi connectivity index (χ0v) is 15.5. The second-order valence-electron chi connectivity index (χ2n) is 5.59. The molecule has 1 aromatic heterocycles. The Kier molecular flexibility index (Phi) is 5.67. The molecule has 0 unspecified atom stereocenters. The van der Waals surface area contributed by atoms with Crippen molar-refractivity contribution in [3.8, 4) is 23.1 Å². The summed E-state index contributed by atoms with van der Waals surface area (Å²) in [5, 5.41) is 20.7. The molecule has 3 rings (SSSR count). The molecule has 3 aromatic rings. The number of hydrogen-bond acceptors (Lipinski definition) is 7. The van der Waals surface area contributed by atoms with Gasteiger partial charge in [0.05, 0.1) is 23.3 Å². The van der Waals surface area contributed by atoms with Crippen LogP contribution >= 0.6 is 11.8 Å². The van der Waals surface area contributed by atoms with E-state index in [1.165, 1.54) is 18.2 Å². The Morgan fingerprint density at radius 2 is 1.93 bits per heavy atom. The molecule has 0 fully saturated rings.